The molecule has 4 rings (SSSR count). The third-order valence-corrected chi connectivity index (χ3v) is 12.6. The van der Waals surface area contributed by atoms with Crippen LogP contribution in [0, 0.1) is 0 Å². The van der Waals surface area contributed by atoms with Gasteiger partial charge in [-0.3, -0.25) is 0 Å². The second-order valence-corrected chi connectivity index (χ2v) is 16.0. The summed E-state index contributed by atoms with van der Waals surface area (Å²) in [5.41, 5.74) is 5.22. The van der Waals surface area contributed by atoms with Crippen LogP contribution in [0.15, 0.2) is 45.3 Å². The van der Waals surface area contributed by atoms with E-state index in [0.29, 0.717) is 6.10 Å². The molecular weight excluding hydrogens is 508 g/mol. The van der Waals surface area contributed by atoms with Crippen molar-refractivity contribution < 1.29 is 9.53 Å². The average molecular weight is 540 g/mol. The highest BCUT2D eigenvalue weighted by atomic mass is 79.9. The van der Waals surface area contributed by atoms with E-state index in [1.807, 2.05) is 18.2 Å². The summed E-state index contributed by atoms with van der Waals surface area (Å²) in [5.74, 6) is 0. The van der Waals surface area contributed by atoms with Crippen molar-refractivity contribution in [2.45, 2.75) is 76.8 Å². The SMILES string of the molecule is CC(C)(C)[Si](C)(C)O[C@H]1CCc2c(Br)cccc21.O[C@H]1CCc2c(Br)cccc21. The first-order valence-electron chi connectivity index (χ1n) is 10.4. The standard InChI is InChI=1S/C15H23BrOSi.C9H9BrO/c1-15(2,3)18(4,5)17-14-10-9-11-12(14)7-6-8-13(11)16;10-8-3-1-2-7-6(8)4-5-9(7)11/h6-8,14H,9-10H2,1-5H3;1-3,9,11H,4-5H2/t14-;9-/m00/s1. The summed E-state index contributed by atoms with van der Waals surface area (Å²) in [6.45, 7) is 11.6. The van der Waals surface area contributed by atoms with Crippen molar-refractivity contribution >= 4 is 40.2 Å². The number of aliphatic hydroxyl groups is 1. The maximum absolute atomic E-state index is 9.48. The minimum Gasteiger partial charge on any atom is -0.410 e. The summed E-state index contributed by atoms with van der Waals surface area (Å²) in [5, 5.41) is 9.76. The largest absolute Gasteiger partial charge is 0.410 e. The molecule has 2 aromatic rings. The lowest BCUT2D eigenvalue weighted by Gasteiger charge is -2.38. The van der Waals surface area contributed by atoms with Gasteiger partial charge in [0.15, 0.2) is 8.32 Å². The predicted octanol–water partition coefficient (Wildman–Crippen LogP) is 7.89. The van der Waals surface area contributed by atoms with Crippen LogP contribution in [0.2, 0.25) is 18.1 Å². The van der Waals surface area contributed by atoms with Gasteiger partial charge in [-0.25, -0.2) is 0 Å². The molecule has 0 bridgehead atoms. The van der Waals surface area contributed by atoms with Crippen LogP contribution in [0.5, 0.6) is 0 Å². The van der Waals surface area contributed by atoms with Gasteiger partial charge in [0.05, 0.1) is 12.2 Å². The molecule has 0 spiro atoms. The lowest BCUT2D eigenvalue weighted by atomic mass is 10.1. The molecule has 0 radical (unpaired) electrons. The second-order valence-electron chi connectivity index (χ2n) is 9.58. The molecule has 2 nitrogen and oxygen atoms in total. The van der Waals surface area contributed by atoms with Gasteiger partial charge in [0.1, 0.15) is 0 Å². The molecule has 2 aromatic carbocycles. The number of benzene rings is 2. The van der Waals surface area contributed by atoms with E-state index in [0.717, 1.165) is 35.7 Å². The Labute approximate surface area is 193 Å². The summed E-state index contributed by atoms with van der Waals surface area (Å²) in [6, 6.07) is 12.5. The fraction of sp³-hybridized carbons (Fsp3) is 0.500. The minimum absolute atomic E-state index is 0.234. The first-order valence-corrected chi connectivity index (χ1v) is 14.9. The third kappa shape index (κ3) is 5.07. The van der Waals surface area contributed by atoms with Gasteiger partial charge >= 0.3 is 0 Å². The zero-order valence-electron chi connectivity index (χ0n) is 18.1. The average Bonchev–Trinajstić information content (AvgIpc) is 3.21. The predicted molar refractivity (Wildman–Crippen MR) is 131 cm³/mol. The van der Waals surface area contributed by atoms with Gasteiger partial charge in [0.25, 0.3) is 0 Å². The molecule has 0 fully saturated rings. The second kappa shape index (κ2) is 8.95. The molecule has 0 aliphatic heterocycles. The fourth-order valence-electron chi connectivity index (χ4n) is 3.81. The normalized spacial score (nSPS) is 20.7. The van der Waals surface area contributed by atoms with E-state index < -0.39 is 8.32 Å². The Morgan fingerprint density at radius 1 is 0.897 bits per heavy atom. The maximum atomic E-state index is 9.48. The van der Waals surface area contributed by atoms with Gasteiger partial charge in [0.2, 0.25) is 0 Å². The Bertz CT molecular complexity index is 874. The van der Waals surface area contributed by atoms with Crippen molar-refractivity contribution in [1.82, 2.24) is 0 Å². The van der Waals surface area contributed by atoms with Crippen LogP contribution in [0.1, 0.15) is 68.1 Å². The summed E-state index contributed by atoms with van der Waals surface area (Å²) >= 11 is 7.11. The molecule has 0 aromatic heterocycles. The maximum Gasteiger partial charge on any atom is 0.192 e. The Hall–Kier alpha value is -0.463. The summed E-state index contributed by atoms with van der Waals surface area (Å²) in [4.78, 5) is 0. The van der Waals surface area contributed by atoms with Crippen LogP contribution >= 0.6 is 31.9 Å². The Morgan fingerprint density at radius 3 is 1.97 bits per heavy atom. The summed E-state index contributed by atoms with van der Waals surface area (Å²) in [7, 11) is -1.67. The van der Waals surface area contributed by atoms with Gasteiger partial charge < -0.3 is 9.53 Å². The molecule has 29 heavy (non-hydrogen) atoms. The summed E-state index contributed by atoms with van der Waals surface area (Å²) in [6.07, 6.45) is 4.21. The topological polar surface area (TPSA) is 29.5 Å². The monoisotopic (exact) mass is 538 g/mol. The molecule has 2 atom stereocenters. The van der Waals surface area contributed by atoms with Crippen LogP contribution in [0.25, 0.3) is 0 Å². The molecule has 1 N–H and O–H groups in total. The zero-order valence-corrected chi connectivity index (χ0v) is 22.2. The third-order valence-electron chi connectivity index (χ3n) is 6.58. The van der Waals surface area contributed by atoms with E-state index in [-0.39, 0.29) is 11.1 Å². The van der Waals surface area contributed by atoms with Gasteiger partial charge in [-0.1, -0.05) is 76.9 Å². The van der Waals surface area contributed by atoms with Crippen molar-refractivity contribution in [3.63, 3.8) is 0 Å². The van der Waals surface area contributed by atoms with Crippen molar-refractivity contribution in [3.8, 4) is 0 Å². The highest BCUT2D eigenvalue weighted by Crippen LogP contribution is 2.44. The van der Waals surface area contributed by atoms with E-state index in [2.05, 4.69) is 83.9 Å². The molecule has 0 heterocycles. The Kier molecular flexibility index (Phi) is 7.16. The number of fused-ring (bicyclic) bond motifs is 2. The lowest BCUT2D eigenvalue weighted by molar-refractivity contribution is 0.180. The minimum atomic E-state index is -1.67. The van der Waals surface area contributed by atoms with E-state index in [1.54, 1.807) is 0 Å². The number of hydrogen-bond donors (Lipinski definition) is 1. The zero-order chi connectivity index (χ0) is 21.4. The van der Waals surface area contributed by atoms with Crippen molar-refractivity contribution in [3.05, 3.63) is 67.6 Å². The molecule has 0 amide bonds. The van der Waals surface area contributed by atoms with Crippen LogP contribution in [0.4, 0.5) is 0 Å². The van der Waals surface area contributed by atoms with Gasteiger partial charge in [0, 0.05) is 8.95 Å². The molecule has 2 aliphatic carbocycles. The molecule has 0 unspecified atom stereocenters. The van der Waals surface area contributed by atoms with Crippen LogP contribution in [0.3, 0.4) is 0 Å². The molecule has 0 saturated carbocycles. The number of halogens is 2. The van der Waals surface area contributed by atoms with Crippen LogP contribution in [-0.4, -0.2) is 13.4 Å². The summed E-state index contributed by atoms with van der Waals surface area (Å²) < 4.78 is 8.93. The number of aliphatic hydroxyl groups excluding tert-OH is 1. The van der Waals surface area contributed by atoms with E-state index in [1.165, 1.54) is 21.2 Å². The van der Waals surface area contributed by atoms with Gasteiger partial charge in [-0.15, -0.1) is 0 Å². The van der Waals surface area contributed by atoms with Crippen molar-refractivity contribution in [2.24, 2.45) is 0 Å². The van der Waals surface area contributed by atoms with Gasteiger partial charge in [-0.2, -0.15) is 0 Å². The Balaban J connectivity index is 0.000000186. The fourth-order valence-corrected chi connectivity index (χ4v) is 6.28. The van der Waals surface area contributed by atoms with E-state index in [4.69, 9.17) is 4.43 Å². The quantitative estimate of drug-likeness (QED) is 0.393. The van der Waals surface area contributed by atoms with Crippen LogP contribution in [-0.2, 0) is 17.3 Å². The molecule has 158 valence electrons. The number of rotatable bonds is 2. The van der Waals surface area contributed by atoms with E-state index >= 15 is 0 Å². The van der Waals surface area contributed by atoms with Gasteiger partial charge in [-0.05, 0) is 78.2 Å². The molecular formula is C24H32Br2O2Si. The van der Waals surface area contributed by atoms with Crippen LogP contribution < -0.4 is 0 Å². The number of hydrogen-bond acceptors (Lipinski definition) is 2. The van der Waals surface area contributed by atoms with Crippen molar-refractivity contribution in [2.75, 3.05) is 0 Å². The molecule has 5 heteroatoms. The Morgan fingerprint density at radius 2 is 1.41 bits per heavy atom. The highest BCUT2D eigenvalue weighted by molar-refractivity contribution is 9.10. The lowest BCUT2D eigenvalue weighted by Crippen LogP contribution is -2.41. The molecule has 0 saturated heterocycles. The van der Waals surface area contributed by atoms with Crippen molar-refractivity contribution in [1.29, 1.82) is 0 Å². The first kappa shape index (κ1) is 23.2. The van der Waals surface area contributed by atoms with E-state index in [9.17, 15) is 5.11 Å². The highest BCUT2D eigenvalue weighted by Gasteiger charge is 2.40. The molecule has 2 aliphatic rings. The smallest absolute Gasteiger partial charge is 0.192 e. The first-order chi connectivity index (χ1) is 13.5.